The highest BCUT2D eigenvalue weighted by atomic mass is 16.4. The molecule has 13 nitrogen and oxygen atoms in total. The minimum Gasteiger partial charge on any atom is -0.508 e. The summed E-state index contributed by atoms with van der Waals surface area (Å²) in [5.74, 6) is -3.75. The number of hydrogen-bond donors (Lipinski definition) is 8. The Balaban J connectivity index is 3.05. The number of phenols is 1. The number of carboxylic acids is 1. The number of phenolic OH excluding ortho intramolecular Hbond substituents is 1. The van der Waals surface area contributed by atoms with Crippen molar-refractivity contribution in [1.29, 1.82) is 0 Å². The van der Waals surface area contributed by atoms with Crippen molar-refractivity contribution in [3.63, 3.8) is 0 Å². The Morgan fingerprint density at radius 1 is 0.868 bits per heavy atom. The van der Waals surface area contributed by atoms with Crippen LogP contribution in [0.2, 0.25) is 0 Å². The first-order chi connectivity index (χ1) is 17.7. The number of nitrogens with two attached hydrogens (primary N) is 3. The number of guanidine groups is 1. The number of amides is 3. The van der Waals surface area contributed by atoms with E-state index >= 15 is 0 Å². The highest BCUT2D eigenvalue weighted by Crippen LogP contribution is 2.13. The quantitative estimate of drug-likeness (QED) is 0.0793. The summed E-state index contributed by atoms with van der Waals surface area (Å²) in [6.07, 6.45) is 0.450. The molecule has 0 saturated heterocycles. The molecule has 1 aromatic rings. The van der Waals surface area contributed by atoms with Gasteiger partial charge in [-0.3, -0.25) is 19.4 Å². The predicted molar refractivity (Wildman–Crippen MR) is 143 cm³/mol. The molecule has 0 radical (unpaired) electrons. The Morgan fingerprint density at radius 3 is 1.95 bits per heavy atom. The summed E-state index contributed by atoms with van der Waals surface area (Å²) in [5.41, 5.74) is 17.1. The maximum Gasteiger partial charge on any atom is 0.326 e. The van der Waals surface area contributed by atoms with Gasteiger partial charge in [-0.2, -0.15) is 0 Å². The molecule has 3 amide bonds. The Labute approximate surface area is 222 Å². The number of aliphatic imine (C=N–C) groups is 1. The third-order valence-electron chi connectivity index (χ3n) is 5.84. The standard InChI is InChI=1S/C25H41N7O6/c1-13(2)19(26)22(35)31-18(12-15-7-9-16(33)10-8-15)21(34)32-20(14(3)4)23(36)30-17(24(37)38)6-5-11-29-25(27)28/h7-10,13-14,17-20,33H,5-6,11-12,26H2,1-4H3,(H,30,36)(H,31,35)(H,32,34)(H,37,38)(H4,27,28,29). The molecule has 0 spiro atoms. The van der Waals surface area contributed by atoms with E-state index in [-0.39, 0.29) is 37.0 Å². The van der Waals surface area contributed by atoms with Crippen molar-refractivity contribution < 1.29 is 29.4 Å². The number of rotatable bonds is 15. The van der Waals surface area contributed by atoms with Crippen molar-refractivity contribution in [3.8, 4) is 5.75 Å². The normalized spacial score (nSPS) is 14.2. The summed E-state index contributed by atoms with van der Waals surface area (Å²) in [7, 11) is 0. The van der Waals surface area contributed by atoms with E-state index in [0.29, 0.717) is 12.0 Å². The zero-order chi connectivity index (χ0) is 29.0. The van der Waals surface area contributed by atoms with Gasteiger partial charge in [-0.05, 0) is 42.4 Å². The Bertz CT molecular complexity index is 977. The van der Waals surface area contributed by atoms with Crippen molar-refractivity contribution in [1.82, 2.24) is 16.0 Å². The number of hydrogen-bond acceptors (Lipinski definition) is 7. The van der Waals surface area contributed by atoms with Crippen LogP contribution < -0.4 is 33.2 Å². The van der Waals surface area contributed by atoms with Gasteiger partial charge in [0, 0.05) is 13.0 Å². The van der Waals surface area contributed by atoms with Crippen LogP contribution in [0.4, 0.5) is 0 Å². The number of carboxylic acid groups (broad SMARTS) is 1. The molecule has 13 heteroatoms. The van der Waals surface area contributed by atoms with Crippen LogP contribution in [0.5, 0.6) is 5.75 Å². The number of benzene rings is 1. The van der Waals surface area contributed by atoms with Crippen LogP contribution in [0.25, 0.3) is 0 Å². The molecule has 212 valence electrons. The largest absolute Gasteiger partial charge is 0.508 e. The third-order valence-corrected chi connectivity index (χ3v) is 5.84. The first-order valence-corrected chi connectivity index (χ1v) is 12.5. The fraction of sp³-hybridized carbons (Fsp3) is 0.560. The van der Waals surface area contributed by atoms with Crippen LogP contribution in [0.3, 0.4) is 0 Å². The van der Waals surface area contributed by atoms with E-state index in [9.17, 15) is 29.4 Å². The zero-order valence-corrected chi connectivity index (χ0v) is 22.3. The molecule has 0 saturated carbocycles. The fourth-order valence-electron chi connectivity index (χ4n) is 3.46. The second-order valence-electron chi connectivity index (χ2n) is 9.78. The van der Waals surface area contributed by atoms with Gasteiger partial charge in [0.2, 0.25) is 17.7 Å². The van der Waals surface area contributed by atoms with Crippen LogP contribution in [-0.4, -0.2) is 70.6 Å². The van der Waals surface area contributed by atoms with E-state index in [1.807, 2.05) is 0 Å². The summed E-state index contributed by atoms with van der Waals surface area (Å²) in [6.45, 7) is 7.13. The first-order valence-electron chi connectivity index (χ1n) is 12.5. The van der Waals surface area contributed by atoms with E-state index in [0.717, 1.165) is 0 Å². The molecule has 1 rings (SSSR count). The molecule has 4 atom stereocenters. The van der Waals surface area contributed by atoms with Crippen LogP contribution in [0, 0.1) is 11.8 Å². The van der Waals surface area contributed by atoms with Crippen LogP contribution >= 0.6 is 0 Å². The molecule has 0 aliphatic carbocycles. The van der Waals surface area contributed by atoms with Crippen molar-refractivity contribution in [2.75, 3.05) is 6.54 Å². The molecule has 0 bridgehead atoms. The van der Waals surface area contributed by atoms with Crippen LogP contribution in [0.15, 0.2) is 29.3 Å². The minimum atomic E-state index is -1.24. The molecule has 0 aromatic heterocycles. The van der Waals surface area contributed by atoms with Gasteiger partial charge < -0.3 is 43.4 Å². The smallest absolute Gasteiger partial charge is 0.326 e. The summed E-state index contributed by atoms with van der Waals surface area (Å²) >= 11 is 0. The molecular formula is C25H41N7O6. The molecule has 38 heavy (non-hydrogen) atoms. The number of nitrogens with one attached hydrogen (secondary N) is 3. The van der Waals surface area contributed by atoms with E-state index in [2.05, 4.69) is 20.9 Å². The third kappa shape index (κ3) is 11.0. The number of carbonyl (C=O) groups excluding carboxylic acids is 3. The predicted octanol–water partition coefficient (Wildman–Crippen LogP) is -0.833. The lowest BCUT2D eigenvalue weighted by atomic mass is 9.99. The van der Waals surface area contributed by atoms with Crippen molar-refractivity contribution in [2.24, 2.45) is 34.0 Å². The Hall–Kier alpha value is -3.87. The Morgan fingerprint density at radius 2 is 1.45 bits per heavy atom. The van der Waals surface area contributed by atoms with E-state index < -0.39 is 53.8 Å². The monoisotopic (exact) mass is 535 g/mol. The van der Waals surface area contributed by atoms with E-state index in [1.165, 1.54) is 12.1 Å². The van der Waals surface area contributed by atoms with Crippen molar-refractivity contribution >= 4 is 29.7 Å². The van der Waals surface area contributed by atoms with Gasteiger partial charge in [0.15, 0.2) is 5.96 Å². The van der Waals surface area contributed by atoms with Gasteiger partial charge in [-0.1, -0.05) is 39.8 Å². The summed E-state index contributed by atoms with van der Waals surface area (Å²) in [6, 6.07) is 1.88. The number of aromatic hydroxyl groups is 1. The van der Waals surface area contributed by atoms with Crippen LogP contribution in [-0.2, 0) is 25.6 Å². The molecule has 0 aliphatic heterocycles. The average Bonchev–Trinajstić information content (AvgIpc) is 2.83. The molecule has 0 aliphatic rings. The maximum atomic E-state index is 13.3. The molecule has 4 unspecified atom stereocenters. The lowest BCUT2D eigenvalue weighted by Crippen LogP contribution is -2.59. The first kappa shape index (κ1) is 32.2. The van der Waals surface area contributed by atoms with E-state index in [4.69, 9.17) is 17.2 Å². The lowest BCUT2D eigenvalue weighted by molar-refractivity contribution is -0.142. The summed E-state index contributed by atoms with van der Waals surface area (Å²) in [4.78, 5) is 54.5. The fourth-order valence-corrected chi connectivity index (χ4v) is 3.46. The van der Waals surface area contributed by atoms with Gasteiger partial charge >= 0.3 is 5.97 Å². The molecule has 0 heterocycles. The molecule has 1 aromatic carbocycles. The second-order valence-corrected chi connectivity index (χ2v) is 9.78. The van der Waals surface area contributed by atoms with Gasteiger partial charge in [-0.25, -0.2) is 4.79 Å². The molecule has 0 fully saturated rings. The number of aliphatic carboxylic acids is 1. The molecular weight excluding hydrogens is 494 g/mol. The zero-order valence-electron chi connectivity index (χ0n) is 22.3. The van der Waals surface area contributed by atoms with Crippen molar-refractivity contribution in [3.05, 3.63) is 29.8 Å². The van der Waals surface area contributed by atoms with Gasteiger partial charge in [-0.15, -0.1) is 0 Å². The average molecular weight is 536 g/mol. The lowest BCUT2D eigenvalue weighted by Gasteiger charge is -2.27. The Kier molecular flexibility index (Phi) is 13.0. The number of carbonyl (C=O) groups is 4. The summed E-state index contributed by atoms with van der Waals surface area (Å²) in [5, 5.41) is 26.8. The highest BCUT2D eigenvalue weighted by Gasteiger charge is 2.32. The van der Waals surface area contributed by atoms with Crippen LogP contribution in [0.1, 0.15) is 46.1 Å². The van der Waals surface area contributed by atoms with Gasteiger partial charge in [0.25, 0.3) is 0 Å². The topological polar surface area (TPSA) is 235 Å². The van der Waals surface area contributed by atoms with Gasteiger partial charge in [0.05, 0.1) is 6.04 Å². The van der Waals surface area contributed by atoms with E-state index in [1.54, 1.807) is 39.8 Å². The minimum absolute atomic E-state index is 0.0449. The SMILES string of the molecule is CC(C)C(N)C(=O)NC(Cc1ccc(O)cc1)C(=O)NC(C(=O)NC(CCCN=C(N)N)C(=O)O)C(C)C. The maximum absolute atomic E-state index is 13.3. The van der Waals surface area contributed by atoms with Gasteiger partial charge in [0.1, 0.15) is 23.9 Å². The summed E-state index contributed by atoms with van der Waals surface area (Å²) < 4.78 is 0. The van der Waals surface area contributed by atoms with Crippen molar-refractivity contribution in [2.45, 2.75) is 71.1 Å². The highest BCUT2D eigenvalue weighted by molar-refractivity contribution is 5.94. The second kappa shape index (κ2) is 15.4. The number of nitrogens with zero attached hydrogens (tertiary/aromatic N) is 1. The molecule has 11 N–H and O–H groups in total.